The van der Waals surface area contributed by atoms with Crippen molar-refractivity contribution in [3.05, 3.63) is 24.3 Å². The zero-order chi connectivity index (χ0) is 15.3. The highest BCUT2D eigenvalue weighted by Gasteiger charge is 2.28. The van der Waals surface area contributed by atoms with E-state index in [9.17, 15) is 13.6 Å². The summed E-state index contributed by atoms with van der Waals surface area (Å²) in [6, 6.07) is 6.22. The third-order valence-electron chi connectivity index (χ3n) is 3.69. The van der Waals surface area contributed by atoms with Gasteiger partial charge in [-0.2, -0.15) is 8.78 Å². The van der Waals surface area contributed by atoms with Crippen molar-refractivity contribution in [1.29, 1.82) is 0 Å². The summed E-state index contributed by atoms with van der Waals surface area (Å²) < 4.78 is 24.7. The number of hydrogen-bond acceptors (Lipinski definition) is 2. The molecule has 0 spiro atoms. The summed E-state index contributed by atoms with van der Waals surface area (Å²) in [5.74, 6) is -2.46. The second-order valence-corrected chi connectivity index (χ2v) is 6.67. The second-order valence-electron chi connectivity index (χ2n) is 5.61. The molecule has 1 aromatic carbocycles. The first kappa shape index (κ1) is 16.1. The van der Waals surface area contributed by atoms with E-state index in [-0.39, 0.29) is 11.6 Å². The molecule has 3 nitrogen and oxygen atoms in total. The summed E-state index contributed by atoms with van der Waals surface area (Å²) in [5, 5.41) is 5.72. The highest BCUT2D eigenvalue weighted by atomic mass is 32.2. The van der Waals surface area contributed by atoms with Gasteiger partial charge in [-0.3, -0.25) is 0 Å². The van der Waals surface area contributed by atoms with Crippen molar-refractivity contribution in [1.82, 2.24) is 5.32 Å². The quantitative estimate of drug-likeness (QED) is 0.780. The van der Waals surface area contributed by atoms with Crippen molar-refractivity contribution in [2.75, 3.05) is 5.32 Å². The number of carbonyl (C=O) groups is 1. The van der Waals surface area contributed by atoms with Gasteiger partial charge in [0, 0.05) is 16.1 Å². The highest BCUT2D eigenvalue weighted by molar-refractivity contribution is 7.99. The Balaban J connectivity index is 1.93. The summed E-state index contributed by atoms with van der Waals surface area (Å²) in [5.41, 5.74) is 0.357. The number of benzene rings is 1. The van der Waals surface area contributed by atoms with E-state index < -0.39 is 5.76 Å². The summed E-state index contributed by atoms with van der Waals surface area (Å²) in [4.78, 5) is 12.5. The monoisotopic (exact) mass is 314 g/mol. The summed E-state index contributed by atoms with van der Waals surface area (Å²) in [7, 11) is 0. The van der Waals surface area contributed by atoms with Crippen molar-refractivity contribution in [2.24, 2.45) is 0 Å². The van der Waals surface area contributed by atoms with Gasteiger partial charge in [0.2, 0.25) is 0 Å². The van der Waals surface area contributed by atoms with E-state index in [1.165, 1.54) is 6.42 Å². The van der Waals surface area contributed by atoms with Gasteiger partial charge in [-0.15, -0.1) is 0 Å². The minimum absolute atomic E-state index is 0.169. The lowest BCUT2D eigenvalue weighted by atomic mass is 9.83. The molecule has 2 amide bonds. The van der Waals surface area contributed by atoms with Crippen LogP contribution < -0.4 is 10.6 Å². The number of amides is 2. The Morgan fingerprint density at radius 2 is 2.00 bits per heavy atom. The molecule has 0 bridgehead atoms. The van der Waals surface area contributed by atoms with Gasteiger partial charge in [0.05, 0.1) is 0 Å². The molecule has 21 heavy (non-hydrogen) atoms. The van der Waals surface area contributed by atoms with Crippen LogP contribution in [0.1, 0.15) is 39.0 Å². The average molecular weight is 314 g/mol. The van der Waals surface area contributed by atoms with Gasteiger partial charge < -0.3 is 10.6 Å². The van der Waals surface area contributed by atoms with Gasteiger partial charge in [0.25, 0.3) is 5.76 Å². The van der Waals surface area contributed by atoms with E-state index in [0.717, 1.165) is 25.7 Å². The van der Waals surface area contributed by atoms with Gasteiger partial charge in [-0.05, 0) is 38.0 Å². The van der Waals surface area contributed by atoms with Crippen LogP contribution in [0.4, 0.5) is 19.3 Å². The molecule has 0 radical (unpaired) electrons. The fourth-order valence-electron chi connectivity index (χ4n) is 2.64. The van der Waals surface area contributed by atoms with Crippen LogP contribution in [0, 0.1) is 0 Å². The Kier molecular flexibility index (Phi) is 5.45. The van der Waals surface area contributed by atoms with Crippen LogP contribution in [0.3, 0.4) is 0 Å². The average Bonchev–Trinajstić information content (AvgIpc) is 2.38. The molecular weight excluding hydrogens is 294 g/mol. The molecule has 0 unspecified atom stereocenters. The number of halogens is 2. The van der Waals surface area contributed by atoms with E-state index in [2.05, 4.69) is 17.6 Å². The zero-order valence-corrected chi connectivity index (χ0v) is 12.8. The topological polar surface area (TPSA) is 41.1 Å². The third-order valence-corrected chi connectivity index (χ3v) is 4.39. The highest BCUT2D eigenvalue weighted by Crippen LogP contribution is 2.29. The standard InChI is InChI=1S/C15H20F2N2OS/c1-15(8-3-2-4-9-15)19-14(20)18-11-6-5-7-12(10-11)21-13(16)17/h5-7,10,13H,2-4,8-9H2,1H3,(H2,18,19,20). The Morgan fingerprint density at radius 3 is 2.67 bits per heavy atom. The number of nitrogens with one attached hydrogen (secondary N) is 2. The molecule has 2 rings (SSSR count). The van der Waals surface area contributed by atoms with Crippen LogP contribution in [0.5, 0.6) is 0 Å². The van der Waals surface area contributed by atoms with Crippen molar-refractivity contribution in [3.8, 4) is 0 Å². The Labute approximate surface area is 127 Å². The van der Waals surface area contributed by atoms with Crippen LogP contribution in [-0.4, -0.2) is 17.3 Å². The number of rotatable bonds is 4. The van der Waals surface area contributed by atoms with E-state index in [1.54, 1.807) is 24.3 Å². The summed E-state index contributed by atoms with van der Waals surface area (Å²) in [6.45, 7) is 2.05. The van der Waals surface area contributed by atoms with E-state index >= 15 is 0 Å². The molecule has 1 saturated carbocycles. The molecule has 1 aliphatic rings. The fourth-order valence-corrected chi connectivity index (χ4v) is 3.20. The molecule has 0 atom stereocenters. The molecular formula is C15H20F2N2OS. The number of urea groups is 1. The molecule has 0 aliphatic heterocycles. The van der Waals surface area contributed by atoms with E-state index in [4.69, 9.17) is 0 Å². The molecule has 116 valence electrons. The van der Waals surface area contributed by atoms with Crippen molar-refractivity contribution in [3.63, 3.8) is 0 Å². The summed E-state index contributed by atoms with van der Waals surface area (Å²) in [6.07, 6.45) is 5.41. The van der Waals surface area contributed by atoms with Crippen molar-refractivity contribution in [2.45, 2.75) is 55.2 Å². The Bertz CT molecular complexity index is 490. The van der Waals surface area contributed by atoms with Gasteiger partial charge in [-0.1, -0.05) is 37.1 Å². The van der Waals surface area contributed by atoms with Crippen LogP contribution >= 0.6 is 11.8 Å². The largest absolute Gasteiger partial charge is 0.333 e. The lowest BCUT2D eigenvalue weighted by Crippen LogP contribution is -2.48. The fraction of sp³-hybridized carbons (Fsp3) is 0.533. The first-order chi connectivity index (χ1) is 9.97. The smallest absolute Gasteiger partial charge is 0.319 e. The minimum Gasteiger partial charge on any atom is -0.333 e. The molecule has 1 fully saturated rings. The third kappa shape index (κ3) is 5.19. The van der Waals surface area contributed by atoms with Crippen LogP contribution in [0.25, 0.3) is 0 Å². The van der Waals surface area contributed by atoms with Crippen molar-refractivity contribution < 1.29 is 13.6 Å². The predicted molar refractivity (Wildman–Crippen MR) is 81.9 cm³/mol. The minimum atomic E-state index is -2.46. The van der Waals surface area contributed by atoms with Gasteiger partial charge in [0.1, 0.15) is 0 Å². The van der Waals surface area contributed by atoms with Gasteiger partial charge in [0.15, 0.2) is 0 Å². The second kappa shape index (κ2) is 7.11. The lowest BCUT2D eigenvalue weighted by molar-refractivity contribution is 0.221. The van der Waals surface area contributed by atoms with Crippen molar-refractivity contribution >= 4 is 23.5 Å². The van der Waals surface area contributed by atoms with Gasteiger partial charge >= 0.3 is 6.03 Å². The number of anilines is 1. The number of hydrogen-bond donors (Lipinski definition) is 2. The molecule has 0 heterocycles. The maximum Gasteiger partial charge on any atom is 0.319 e. The van der Waals surface area contributed by atoms with E-state index in [1.807, 2.05) is 0 Å². The zero-order valence-electron chi connectivity index (χ0n) is 12.0. The maximum atomic E-state index is 12.3. The van der Waals surface area contributed by atoms with E-state index in [0.29, 0.717) is 22.3 Å². The summed E-state index contributed by atoms with van der Waals surface area (Å²) >= 11 is 0.470. The Hall–Kier alpha value is -1.30. The van der Waals surface area contributed by atoms with Gasteiger partial charge in [-0.25, -0.2) is 4.79 Å². The first-order valence-electron chi connectivity index (χ1n) is 7.11. The predicted octanol–water partition coefficient (Wildman–Crippen LogP) is 4.85. The van der Waals surface area contributed by atoms with Crippen LogP contribution in [0.2, 0.25) is 0 Å². The maximum absolute atomic E-state index is 12.3. The molecule has 1 aromatic rings. The lowest BCUT2D eigenvalue weighted by Gasteiger charge is -2.34. The molecule has 0 saturated heterocycles. The molecule has 1 aliphatic carbocycles. The molecule has 0 aromatic heterocycles. The van der Waals surface area contributed by atoms with Crippen LogP contribution in [-0.2, 0) is 0 Å². The van der Waals surface area contributed by atoms with Crippen LogP contribution in [0.15, 0.2) is 29.2 Å². The Morgan fingerprint density at radius 1 is 1.29 bits per heavy atom. The first-order valence-corrected chi connectivity index (χ1v) is 7.99. The number of carbonyl (C=O) groups excluding carboxylic acids is 1. The SMILES string of the molecule is CC1(NC(=O)Nc2cccc(SC(F)F)c2)CCCCC1. The molecule has 6 heteroatoms. The number of alkyl halides is 2. The molecule has 2 N–H and O–H groups in total. The normalized spacial score (nSPS) is 17.5. The number of thioether (sulfide) groups is 1.